The first-order chi connectivity index (χ1) is 9.11. The highest BCUT2D eigenvalue weighted by Gasteiger charge is 2.31. The van der Waals surface area contributed by atoms with Gasteiger partial charge in [0.15, 0.2) is 0 Å². The molecule has 0 radical (unpaired) electrons. The average Bonchev–Trinajstić information content (AvgIpc) is 2.77. The zero-order valence-corrected chi connectivity index (χ0v) is 11.7. The van der Waals surface area contributed by atoms with Gasteiger partial charge in [-0.2, -0.15) is 0 Å². The Morgan fingerprint density at radius 2 is 2.26 bits per heavy atom. The molecule has 1 aliphatic rings. The molecule has 0 saturated carbocycles. The van der Waals surface area contributed by atoms with Gasteiger partial charge in [0, 0.05) is 23.8 Å². The average molecular weight is 258 g/mol. The number of carbonyl (C=O) groups is 1. The molecule has 1 fully saturated rings. The first-order valence-electron chi connectivity index (χ1n) is 6.97. The molecule has 2 atom stereocenters. The summed E-state index contributed by atoms with van der Waals surface area (Å²) in [4.78, 5) is 14.3. The Hall–Kier alpha value is -1.77. The number of amides is 1. The van der Waals surface area contributed by atoms with Gasteiger partial charge in [-0.25, -0.2) is 0 Å². The molecule has 1 aromatic carbocycles. The fraction of sp³-hybridized carbons (Fsp3) is 0.438. The van der Waals surface area contributed by atoms with Crippen molar-refractivity contribution in [1.29, 1.82) is 0 Å². The second kappa shape index (κ2) is 5.91. The van der Waals surface area contributed by atoms with Gasteiger partial charge < -0.3 is 10.6 Å². The Morgan fingerprint density at radius 1 is 1.47 bits per heavy atom. The quantitative estimate of drug-likeness (QED) is 0.669. The molecule has 1 aromatic rings. The van der Waals surface area contributed by atoms with E-state index in [0.717, 1.165) is 30.5 Å². The van der Waals surface area contributed by atoms with E-state index in [0.29, 0.717) is 12.1 Å². The first-order valence-corrected chi connectivity index (χ1v) is 6.97. The molecule has 1 amide bonds. The van der Waals surface area contributed by atoms with Crippen molar-refractivity contribution < 1.29 is 4.79 Å². The van der Waals surface area contributed by atoms with Crippen molar-refractivity contribution in [1.82, 2.24) is 4.90 Å². The number of nitrogens with zero attached hydrogens (tertiary/aromatic N) is 1. The molecular weight excluding hydrogens is 236 g/mol. The van der Waals surface area contributed by atoms with Gasteiger partial charge in [-0.3, -0.25) is 4.79 Å². The Labute approximate surface area is 115 Å². The van der Waals surface area contributed by atoms with Crippen LogP contribution in [0.5, 0.6) is 0 Å². The number of carbonyl (C=O) groups excluding carboxylic acids is 1. The molecule has 2 rings (SSSR count). The number of benzene rings is 1. The van der Waals surface area contributed by atoms with Crippen molar-refractivity contribution in [3.05, 3.63) is 35.9 Å². The lowest BCUT2D eigenvalue weighted by Gasteiger charge is -2.26. The lowest BCUT2D eigenvalue weighted by atomic mass is 10.1. The second-order valence-electron chi connectivity index (χ2n) is 5.24. The van der Waals surface area contributed by atoms with Gasteiger partial charge in [0.2, 0.25) is 5.91 Å². The summed E-state index contributed by atoms with van der Waals surface area (Å²) >= 11 is 0. The van der Waals surface area contributed by atoms with Gasteiger partial charge >= 0.3 is 0 Å². The van der Waals surface area contributed by atoms with E-state index in [1.54, 1.807) is 6.08 Å². The number of hydrogen-bond donors (Lipinski definition) is 1. The van der Waals surface area contributed by atoms with Gasteiger partial charge in [-0.05, 0) is 50.0 Å². The number of nitrogen functional groups attached to an aromatic ring is 1. The Bertz CT molecular complexity index is 481. The third-order valence-electron chi connectivity index (χ3n) is 3.84. The van der Waals surface area contributed by atoms with Crippen LogP contribution in [0.25, 0.3) is 6.08 Å². The van der Waals surface area contributed by atoms with Crippen LogP contribution in [-0.4, -0.2) is 22.9 Å². The summed E-state index contributed by atoms with van der Waals surface area (Å²) in [6, 6.07) is 8.30. The van der Waals surface area contributed by atoms with E-state index in [9.17, 15) is 4.79 Å². The minimum atomic E-state index is 0.110. The van der Waals surface area contributed by atoms with E-state index in [1.165, 1.54) is 0 Å². The smallest absolute Gasteiger partial charge is 0.247 e. The summed E-state index contributed by atoms with van der Waals surface area (Å²) < 4.78 is 0. The van der Waals surface area contributed by atoms with Gasteiger partial charge in [0.1, 0.15) is 0 Å². The van der Waals surface area contributed by atoms with Gasteiger partial charge in [-0.15, -0.1) is 0 Å². The molecule has 1 aliphatic heterocycles. The minimum Gasteiger partial charge on any atom is -0.399 e. The maximum atomic E-state index is 12.3. The summed E-state index contributed by atoms with van der Waals surface area (Å²) in [5.41, 5.74) is 7.41. The van der Waals surface area contributed by atoms with Crippen LogP contribution in [0.15, 0.2) is 30.3 Å². The van der Waals surface area contributed by atoms with Crippen LogP contribution in [0.4, 0.5) is 5.69 Å². The van der Waals surface area contributed by atoms with Crippen LogP contribution < -0.4 is 5.73 Å². The van der Waals surface area contributed by atoms with Crippen molar-refractivity contribution in [2.45, 2.75) is 45.2 Å². The minimum absolute atomic E-state index is 0.110. The van der Waals surface area contributed by atoms with Crippen molar-refractivity contribution in [3.63, 3.8) is 0 Å². The Kier molecular flexibility index (Phi) is 4.25. The largest absolute Gasteiger partial charge is 0.399 e. The van der Waals surface area contributed by atoms with E-state index in [-0.39, 0.29) is 5.91 Å². The molecule has 0 bridgehead atoms. The highest BCUT2D eigenvalue weighted by Crippen LogP contribution is 2.26. The third-order valence-corrected chi connectivity index (χ3v) is 3.84. The second-order valence-corrected chi connectivity index (χ2v) is 5.24. The molecule has 0 spiro atoms. The standard InChI is InChI=1S/C16H22N2O/c1-3-15-9-7-12(2)18(15)16(19)10-8-13-5-4-6-14(17)11-13/h4-6,8,10-12,15H,3,7,9,17H2,1-2H3/b10-8+. The highest BCUT2D eigenvalue weighted by atomic mass is 16.2. The van der Waals surface area contributed by atoms with E-state index in [4.69, 9.17) is 5.73 Å². The van der Waals surface area contributed by atoms with Crippen molar-refractivity contribution in [3.8, 4) is 0 Å². The Morgan fingerprint density at radius 3 is 2.95 bits per heavy atom. The molecule has 0 aromatic heterocycles. The summed E-state index contributed by atoms with van der Waals surface area (Å²) in [5.74, 6) is 0.110. The predicted molar refractivity (Wildman–Crippen MR) is 79.5 cm³/mol. The number of rotatable bonds is 3. The van der Waals surface area contributed by atoms with Crippen LogP contribution in [0.3, 0.4) is 0 Å². The lowest BCUT2D eigenvalue weighted by Crippen LogP contribution is -2.38. The van der Waals surface area contributed by atoms with Crippen molar-refractivity contribution in [2.24, 2.45) is 0 Å². The van der Waals surface area contributed by atoms with Crippen LogP contribution in [0.1, 0.15) is 38.7 Å². The number of hydrogen-bond acceptors (Lipinski definition) is 2. The van der Waals surface area contributed by atoms with Crippen LogP contribution in [0.2, 0.25) is 0 Å². The lowest BCUT2D eigenvalue weighted by molar-refractivity contribution is -0.128. The number of likely N-dealkylation sites (tertiary alicyclic amines) is 1. The molecule has 2 N–H and O–H groups in total. The molecule has 2 unspecified atom stereocenters. The third kappa shape index (κ3) is 3.16. The number of nitrogens with two attached hydrogens (primary N) is 1. The predicted octanol–water partition coefficient (Wildman–Crippen LogP) is 3.07. The van der Waals surface area contributed by atoms with E-state index in [2.05, 4.69) is 13.8 Å². The van der Waals surface area contributed by atoms with Crippen LogP contribution in [0, 0.1) is 0 Å². The van der Waals surface area contributed by atoms with E-state index in [1.807, 2.05) is 35.2 Å². The molecule has 1 saturated heterocycles. The molecule has 19 heavy (non-hydrogen) atoms. The van der Waals surface area contributed by atoms with E-state index < -0.39 is 0 Å². The van der Waals surface area contributed by atoms with Gasteiger partial charge in [0.25, 0.3) is 0 Å². The van der Waals surface area contributed by atoms with Gasteiger partial charge in [-0.1, -0.05) is 19.1 Å². The molecule has 102 valence electrons. The summed E-state index contributed by atoms with van der Waals surface area (Å²) in [7, 11) is 0. The molecule has 1 heterocycles. The van der Waals surface area contributed by atoms with Crippen LogP contribution >= 0.6 is 0 Å². The monoisotopic (exact) mass is 258 g/mol. The molecular formula is C16H22N2O. The van der Waals surface area contributed by atoms with E-state index >= 15 is 0 Å². The molecule has 3 nitrogen and oxygen atoms in total. The summed E-state index contributed by atoms with van der Waals surface area (Å²) in [5, 5.41) is 0. The van der Waals surface area contributed by atoms with Crippen molar-refractivity contribution >= 4 is 17.7 Å². The first kappa shape index (κ1) is 13.7. The maximum Gasteiger partial charge on any atom is 0.247 e. The molecule has 3 heteroatoms. The van der Waals surface area contributed by atoms with Crippen LogP contribution in [-0.2, 0) is 4.79 Å². The van der Waals surface area contributed by atoms with Crippen molar-refractivity contribution in [2.75, 3.05) is 5.73 Å². The Balaban J connectivity index is 2.08. The number of anilines is 1. The maximum absolute atomic E-state index is 12.3. The fourth-order valence-electron chi connectivity index (χ4n) is 2.79. The zero-order valence-electron chi connectivity index (χ0n) is 11.7. The fourth-order valence-corrected chi connectivity index (χ4v) is 2.79. The summed E-state index contributed by atoms with van der Waals surface area (Å²) in [6.07, 6.45) is 6.77. The summed E-state index contributed by atoms with van der Waals surface area (Å²) in [6.45, 7) is 4.27. The molecule has 0 aliphatic carbocycles. The SMILES string of the molecule is CCC1CCC(C)N1C(=O)/C=C/c1cccc(N)c1. The normalized spacial score (nSPS) is 23.2. The topological polar surface area (TPSA) is 46.3 Å². The van der Waals surface area contributed by atoms with Gasteiger partial charge in [0.05, 0.1) is 0 Å². The zero-order chi connectivity index (χ0) is 13.8. The highest BCUT2D eigenvalue weighted by molar-refractivity contribution is 5.92.